The van der Waals surface area contributed by atoms with Crippen molar-refractivity contribution in [1.29, 1.82) is 0 Å². The molecule has 1 atom stereocenters. The summed E-state index contributed by atoms with van der Waals surface area (Å²) >= 11 is 0. The predicted molar refractivity (Wildman–Crippen MR) is 47.4 cm³/mol. The highest BCUT2D eigenvalue weighted by Gasteiger charge is 2.47. The molecule has 0 radical (unpaired) electrons. The van der Waals surface area contributed by atoms with Gasteiger partial charge < -0.3 is 10.1 Å². The Morgan fingerprint density at radius 1 is 1.47 bits per heavy atom. The van der Waals surface area contributed by atoms with Crippen molar-refractivity contribution in [2.45, 2.75) is 44.3 Å². The Morgan fingerprint density at radius 2 is 2.07 bits per heavy atom. The fourth-order valence-electron chi connectivity index (χ4n) is 1.57. The minimum atomic E-state index is -3.96. The fraction of sp³-hybridized carbons (Fsp3) is 1.00. The summed E-state index contributed by atoms with van der Waals surface area (Å²) in [6, 6.07) is -0.754. The first-order valence-electron chi connectivity index (χ1n) is 4.79. The normalized spacial score (nSPS) is 27.0. The van der Waals surface area contributed by atoms with Crippen LogP contribution in [-0.2, 0) is 4.74 Å². The molecule has 6 heteroatoms. The van der Waals surface area contributed by atoms with E-state index in [4.69, 9.17) is 4.74 Å². The quantitative estimate of drug-likeness (QED) is 0.748. The molecule has 1 rings (SSSR count). The van der Waals surface area contributed by atoms with Crippen LogP contribution < -0.4 is 5.32 Å². The molecule has 1 N–H and O–H groups in total. The molecule has 0 aromatic heterocycles. The summed E-state index contributed by atoms with van der Waals surface area (Å²) < 4.78 is 54.9. The molecule has 2 nitrogen and oxygen atoms in total. The van der Waals surface area contributed by atoms with E-state index in [1.807, 2.05) is 0 Å². The maximum Gasteiger partial charge on any atom is 0.309 e. The number of alkyl halides is 4. The Morgan fingerprint density at radius 3 is 2.53 bits per heavy atom. The maximum atomic E-state index is 12.8. The van der Waals surface area contributed by atoms with Crippen LogP contribution in [0.2, 0.25) is 0 Å². The Balaban J connectivity index is 2.63. The fourth-order valence-corrected chi connectivity index (χ4v) is 1.57. The molecule has 90 valence electrons. The smallest absolute Gasteiger partial charge is 0.309 e. The predicted octanol–water partition coefficient (Wildman–Crippen LogP) is 2.04. The van der Waals surface area contributed by atoms with E-state index in [0.717, 1.165) is 0 Å². The second-order valence-electron chi connectivity index (χ2n) is 4.22. The van der Waals surface area contributed by atoms with Gasteiger partial charge in [-0.25, -0.2) is 17.6 Å². The summed E-state index contributed by atoms with van der Waals surface area (Å²) in [7, 11) is 0. The van der Waals surface area contributed by atoms with Gasteiger partial charge in [-0.1, -0.05) is 0 Å². The van der Waals surface area contributed by atoms with Crippen LogP contribution in [0.3, 0.4) is 0 Å². The topological polar surface area (TPSA) is 21.3 Å². The molecule has 15 heavy (non-hydrogen) atoms. The lowest BCUT2D eigenvalue weighted by atomic mass is 9.91. The van der Waals surface area contributed by atoms with Crippen molar-refractivity contribution >= 4 is 0 Å². The van der Waals surface area contributed by atoms with Gasteiger partial charge >= 0.3 is 12.3 Å². The van der Waals surface area contributed by atoms with Crippen molar-refractivity contribution < 1.29 is 22.3 Å². The van der Waals surface area contributed by atoms with E-state index in [1.54, 1.807) is 13.8 Å². The molecule has 1 saturated heterocycles. The molecule has 0 amide bonds. The van der Waals surface area contributed by atoms with Gasteiger partial charge in [-0.05, 0) is 13.8 Å². The van der Waals surface area contributed by atoms with Gasteiger partial charge in [-0.3, -0.25) is 0 Å². The van der Waals surface area contributed by atoms with Crippen LogP contribution in [0.25, 0.3) is 0 Å². The van der Waals surface area contributed by atoms with Crippen LogP contribution >= 0.6 is 0 Å². The first-order chi connectivity index (χ1) is 6.76. The molecule has 0 aliphatic carbocycles. The van der Waals surface area contributed by atoms with Crippen molar-refractivity contribution in [3.8, 4) is 0 Å². The van der Waals surface area contributed by atoms with Crippen molar-refractivity contribution in [2.24, 2.45) is 0 Å². The number of hydrogen-bond donors (Lipinski definition) is 1. The van der Waals surface area contributed by atoms with E-state index in [9.17, 15) is 17.6 Å². The third-order valence-electron chi connectivity index (χ3n) is 2.60. The summed E-state index contributed by atoms with van der Waals surface area (Å²) in [5, 5.41) is 2.78. The number of morpholine rings is 1. The summed E-state index contributed by atoms with van der Waals surface area (Å²) in [6.45, 7) is 4.05. The lowest BCUT2D eigenvalue weighted by molar-refractivity contribution is -0.160. The molecule has 0 saturated carbocycles. The van der Waals surface area contributed by atoms with Crippen molar-refractivity contribution in [3.63, 3.8) is 0 Å². The zero-order chi connectivity index (χ0) is 11.7. The van der Waals surface area contributed by atoms with Crippen LogP contribution in [0.15, 0.2) is 0 Å². The van der Waals surface area contributed by atoms with Crippen molar-refractivity contribution in [1.82, 2.24) is 5.32 Å². The Labute approximate surface area is 86.0 Å². The van der Waals surface area contributed by atoms with Gasteiger partial charge in [0.05, 0.1) is 12.2 Å². The van der Waals surface area contributed by atoms with E-state index in [1.165, 1.54) is 0 Å². The molecular formula is C9H15F4NO. The Hall–Kier alpha value is -0.360. The molecule has 0 bridgehead atoms. The minimum Gasteiger partial charge on any atom is -0.373 e. The first kappa shape index (κ1) is 12.7. The second-order valence-corrected chi connectivity index (χ2v) is 4.22. The summed E-state index contributed by atoms with van der Waals surface area (Å²) in [5.41, 5.74) is -0.837. The molecule has 1 aliphatic rings. The van der Waals surface area contributed by atoms with E-state index in [0.29, 0.717) is 13.2 Å². The van der Waals surface area contributed by atoms with Gasteiger partial charge in [0.1, 0.15) is 0 Å². The third kappa shape index (κ3) is 3.04. The zero-order valence-electron chi connectivity index (χ0n) is 8.70. The molecule has 1 unspecified atom stereocenters. The monoisotopic (exact) mass is 229 g/mol. The highest BCUT2D eigenvalue weighted by atomic mass is 19.3. The molecule has 1 heterocycles. The number of nitrogens with one attached hydrogen (secondary N) is 1. The maximum absolute atomic E-state index is 12.8. The van der Waals surface area contributed by atoms with Crippen LogP contribution in [-0.4, -0.2) is 37.1 Å². The van der Waals surface area contributed by atoms with Crippen LogP contribution in [0.5, 0.6) is 0 Å². The average molecular weight is 229 g/mol. The highest BCUT2D eigenvalue weighted by molar-refractivity contribution is 4.92. The first-order valence-corrected chi connectivity index (χ1v) is 4.79. The number of rotatable bonds is 3. The summed E-state index contributed by atoms with van der Waals surface area (Å²) in [4.78, 5) is 0. The van der Waals surface area contributed by atoms with Crippen molar-refractivity contribution in [3.05, 3.63) is 0 Å². The zero-order valence-corrected chi connectivity index (χ0v) is 8.70. The Kier molecular flexibility index (Phi) is 3.60. The van der Waals surface area contributed by atoms with Gasteiger partial charge in [0.25, 0.3) is 0 Å². The van der Waals surface area contributed by atoms with Gasteiger partial charge in [0.2, 0.25) is 0 Å². The largest absolute Gasteiger partial charge is 0.373 e. The van der Waals surface area contributed by atoms with E-state index in [2.05, 4.69) is 5.32 Å². The summed E-state index contributed by atoms with van der Waals surface area (Å²) in [6.07, 6.45) is -4.53. The van der Waals surface area contributed by atoms with Gasteiger partial charge in [0, 0.05) is 19.0 Å². The highest BCUT2D eigenvalue weighted by Crippen LogP contribution is 2.32. The van der Waals surface area contributed by atoms with Crippen LogP contribution in [0.4, 0.5) is 17.6 Å². The molecule has 0 spiro atoms. The van der Waals surface area contributed by atoms with E-state index in [-0.39, 0.29) is 0 Å². The van der Waals surface area contributed by atoms with E-state index < -0.39 is 30.4 Å². The molecule has 1 fully saturated rings. The van der Waals surface area contributed by atoms with Gasteiger partial charge in [-0.15, -0.1) is 0 Å². The molecule has 0 aromatic rings. The lowest BCUT2D eigenvalue weighted by Crippen LogP contribution is -2.57. The molecular weight excluding hydrogens is 214 g/mol. The van der Waals surface area contributed by atoms with Gasteiger partial charge in [0.15, 0.2) is 0 Å². The van der Waals surface area contributed by atoms with Crippen LogP contribution in [0, 0.1) is 0 Å². The van der Waals surface area contributed by atoms with E-state index >= 15 is 0 Å². The van der Waals surface area contributed by atoms with Gasteiger partial charge in [-0.2, -0.15) is 0 Å². The van der Waals surface area contributed by atoms with Crippen LogP contribution in [0.1, 0.15) is 20.3 Å². The number of ether oxygens (including phenoxy) is 1. The SMILES string of the molecule is CC1(C)OCCNC1CC(F)(F)C(F)F. The Bertz CT molecular complexity index is 220. The second kappa shape index (κ2) is 4.25. The molecule has 0 aromatic carbocycles. The minimum absolute atomic E-state index is 0.406. The molecule has 1 aliphatic heterocycles. The average Bonchev–Trinajstić information content (AvgIpc) is 2.08. The lowest BCUT2D eigenvalue weighted by Gasteiger charge is -2.40. The van der Waals surface area contributed by atoms with Crippen molar-refractivity contribution in [2.75, 3.05) is 13.2 Å². The number of halogens is 4. The standard InChI is InChI=1S/C9H15F4NO/c1-8(2)6(14-3-4-15-8)5-9(12,13)7(10)11/h6-7,14H,3-5H2,1-2H3. The number of hydrogen-bond acceptors (Lipinski definition) is 2. The third-order valence-corrected chi connectivity index (χ3v) is 2.60. The summed E-state index contributed by atoms with van der Waals surface area (Å²) in [5.74, 6) is -3.96.